The first-order chi connectivity index (χ1) is 12.6. The van der Waals surface area contributed by atoms with Crippen molar-refractivity contribution in [2.75, 3.05) is 18.0 Å². The number of hydroxylamine groups is 1. The molecule has 4 rings (SSSR count). The summed E-state index contributed by atoms with van der Waals surface area (Å²) in [5.74, 6) is -0.999. The molecule has 0 bridgehead atoms. The lowest BCUT2D eigenvalue weighted by Crippen LogP contribution is -2.27. The Labute approximate surface area is 155 Å². The Morgan fingerprint density at radius 1 is 1.26 bits per heavy atom. The molecule has 2 aromatic heterocycles. The molecule has 0 saturated carbocycles. The molecule has 0 amide bonds. The molecule has 1 saturated heterocycles. The van der Waals surface area contributed by atoms with Crippen LogP contribution < -0.4 is 10.4 Å². The van der Waals surface area contributed by atoms with Crippen LogP contribution in [0.5, 0.6) is 0 Å². The van der Waals surface area contributed by atoms with Gasteiger partial charge in [-0.05, 0) is 6.92 Å². The summed E-state index contributed by atoms with van der Waals surface area (Å²) >= 11 is 0. The number of alkyl halides is 2. The van der Waals surface area contributed by atoms with Crippen LogP contribution >= 0.6 is 0 Å². The van der Waals surface area contributed by atoms with E-state index in [1.54, 1.807) is 4.90 Å². The average molecular weight is 379 g/mol. The number of aromatic nitrogens is 4. The van der Waals surface area contributed by atoms with Crippen molar-refractivity contribution in [1.29, 1.82) is 0 Å². The molecular formula is C17H23F2N7O. The highest BCUT2D eigenvalue weighted by molar-refractivity contribution is 5.92. The number of nitrogens with zero attached hydrogens (tertiary/aromatic N) is 5. The molecule has 0 aromatic carbocycles. The number of nitrogens with one attached hydrogen (secondary N) is 2. The van der Waals surface area contributed by atoms with Gasteiger partial charge in [0.1, 0.15) is 17.2 Å². The topological polar surface area (TPSA) is 91.3 Å². The monoisotopic (exact) mass is 379 g/mol. The first-order valence-corrected chi connectivity index (χ1v) is 9.00. The zero-order valence-electron chi connectivity index (χ0n) is 15.8. The summed E-state index contributed by atoms with van der Waals surface area (Å²) in [6, 6.07) is -0.0221. The van der Waals surface area contributed by atoms with Crippen molar-refractivity contribution in [3.63, 3.8) is 0 Å². The molecule has 1 fully saturated rings. The van der Waals surface area contributed by atoms with Gasteiger partial charge in [-0.15, -0.1) is 5.48 Å². The van der Waals surface area contributed by atoms with Gasteiger partial charge in [-0.25, -0.2) is 23.7 Å². The number of anilines is 1. The highest BCUT2D eigenvalue weighted by Gasteiger charge is 2.40. The fraction of sp³-hybridized carbons (Fsp3) is 0.647. The molecule has 10 heteroatoms. The Morgan fingerprint density at radius 3 is 2.63 bits per heavy atom. The normalized spacial score (nSPS) is 22.4. The lowest BCUT2D eigenvalue weighted by molar-refractivity contribution is 0.0257. The fourth-order valence-corrected chi connectivity index (χ4v) is 3.16. The van der Waals surface area contributed by atoms with E-state index in [-0.39, 0.29) is 31.0 Å². The van der Waals surface area contributed by atoms with E-state index in [0.29, 0.717) is 35.1 Å². The molecule has 2 aliphatic rings. The largest absolute Gasteiger partial charge is 0.348 e. The highest BCUT2D eigenvalue weighted by atomic mass is 19.3. The summed E-state index contributed by atoms with van der Waals surface area (Å²) in [5, 5.41) is 3.96. The Balaban J connectivity index is 1.77. The van der Waals surface area contributed by atoms with E-state index >= 15 is 0 Å². The van der Waals surface area contributed by atoms with Crippen molar-refractivity contribution in [1.82, 2.24) is 25.4 Å². The zero-order valence-corrected chi connectivity index (χ0v) is 15.8. The zero-order chi connectivity index (χ0) is 19.4. The van der Waals surface area contributed by atoms with Crippen LogP contribution in [0, 0.1) is 0 Å². The van der Waals surface area contributed by atoms with Crippen molar-refractivity contribution >= 4 is 22.7 Å². The van der Waals surface area contributed by atoms with Gasteiger partial charge in [0.2, 0.25) is 0 Å². The summed E-state index contributed by atoms with van der Waals surface area (Å²) in [7, 11) is 0. The van der Waals surface area contributed by atoms with Crippen molar-refractivity contribution < 1.29 is 13.7 Å². The Morgan fingerprint density at radius 2 is 2.04 bits per heavy atom. The molecule has 27 heavy (non-hydrogen) atoms. The number of imidazole rings is 1. The third kappa shape index (κ3) is 3.45. The SMILES string of the molecule is CC1NON=C1Cc1nc2nc(C(C)(C)C)nc(N3CCC(F)(F)C3)c2[nH]1. The molecule has 8 nitrogen and oxygen atoms in total. The second-order valence-corrected chi connectivity index (χ2v) is 8.22. The number of fused-ring (bicyclic) bond motifs is 1. The van der Waals surface area contributed by atoms with E-state index in [0.717, 1.165) is 5.71 Å². The molecule has 4 heterocycles. The third-order valence-electron chi connectivity index (χ3n) is 4.76. The van der Waals surface area contributed by atoms with Gasteiger partial charge in [0.25, 0.3) is 5.92 Å². The number of oxime groups is 1. The van der Waals surface area contributed by atoms with Crippen LogP contribution in [0.3, 0.4) is 0 Å². The second kappa shape index (κ2) is 6.08. The van der Waals surface area contributed by atoms with Crippen molar-refractivity contribution in [2.24, 2.45) is 5.16 Å². The Bertz CT molecular complexity index is 903. The lowest BCUT2D eigenvalue weighted by atomic mass is 9.96. The number of aromatic amines is 1. The van der Waals surface area contributed by atoms with Crippen LogP contribution in [0.25, 0.3) is 11.2 Å². The minimum absolute atomic E-state index is 0.0221. The molecule has 0 radical (unpaired) electrons. The van der Waals surface area contributed by atoms with Gasteiger partial charge in [-0.3, -0.25) is 4.94 Å². The molecule has 2 aliphatic heterocycles. The first kappa shape index (κ1) is 18.0. The van der Waals surface area contributed by atoms with E-state index in [9.17, 15) is 8.78 Å². The van der Waals surface area contributed by atoms with Gasteiger partial charge >= 0.3 is 0 Å². The first-order valence-electron chi connectivity index (χ1n) is 9.00. The maximum Gasteiger partial charge on any atom is 0.266 e. The van der Waals surface area contributed by atoms with Gasteiger partial charge in [0.05, 0.1) is 18.3 Å². The standard InChI is InChI=1S/C17H23F2N7O/c1-9-10(25-27-24-9)7-11-20-12-13(21-11)22-15(16(2,3)4)23-14(12)26-6-5-17(18,19)8-26/h9,24H,5-8H2,1-4H3,(H,20,21,22,23). The minimum Gasteiger partial charge on any atom is -0.348 e. The molecule has 0 spiro atoms. The molecular weight excluding hydrogens is 356 g/mol. The smallest absolute Gasteiger partial charge is 0.266 e. The summed E-state index contributed by atoms with van der Waals surface area (Å²) in [5.41, 5.74) is 4.29. The summed E-state index contributed by atoms with van der Waals surface area (Å²) in [6.45, 7) is 7.80. The number of halogens is 2. The predicted octanol–water partition coefficient (Wildman–Crippen LogP) is 2.32. The van der Waals surface area contributed by atoms with Gasteiger partial charge in [-0.2, -0.15) is 0 Å². The van der Waals surface area contributed by atoms with Crippen LogP contribution in [-0.2, 0) is 16.8 Å². The fourth-order valence-electron chi connectivity index (χ4n) is 3.16. The molecule has 2 aromatic rings. The quantitative estimate of drug-likeness (QED) is 0.851. The third-order valence-corrected chi connectivity index (χ3v) is 4.76. The highest BCUT2D eigenvalue weighted by Crippen LogP contribution is 2.34. The Hall–Kier alpha value is -2.36. The van der Waals surface area contributed by atoms with E-state index in [1.165, 1.54) is 0 Å². The van der Waals surface area contributed by atoms with E-state index in [2.05, 4.69) is 30.6 Å². The van der Waals surface area contributed by atoms with E-state index in [4.69, 9.17) is 4.94 Å². The van der Waals surface area contributed by atoms with Crippen LogP contribution in [0.1, 0.15) is 45.8 Å². The van der Waals surface area contributed by atoms with E-state index < -0.39 is 5.92 Å². The van der Waals surface area contributed by atoms with Gasteiger partial charge in [-0.1, -0.05) is 25.9 Å². The van der Waals surface area contributed by atoms with Crippen LogP contribution in [0.4, 0.5) is 14.6 Å². The summed E-state index contributed by atoms with van der Waals surface area (Å²) in [6.07, 6.45) is 0.270. The lowest BCUT2D eigenvalue weighted by Gasteiger charge is -2.22. The van der Waals surface area contributed by atoms with Crippen LogP contribution in [-0.4, -0.2) is 50.7 Å². The molecule has 1 atom stereocenters. The molecule has 1 unspecified atom stereocenters. The van der Waals surface area contributed by atoms with Crippen LogP contribution in [0.15, 0.2) is 5.16 Å². The maximum absolute atomic E-state index is 13.8. The van der Waals surface area contributed by atoms with E-state index in [1.807, 2.05) is 27.7 Å². The van der Waals surface area contributed by atoms with Crippen molar-refractivity contribution in [3.8, 4) is 0 Å². The van der Waals surface area contributed by atoms with Crippen molar-refractivity contribution in [2.45, 2.75) is 57.9 Å². The minimum atomic E-state index is -2.71. The predicted molar refractivity (Wildman–Crippen MR) is 97.0 cm³/mol. The van der Waals surface area contributed by atoms with Gasteiger partial charge < -0.3 is 9.88 Å². The molecule has 2 N–H and O–H groups in total. The maximum atomic E-state index is 13.8. The molecule has 0 aliphatic carbocycles. The van der Waals surface area contributed by atoms with Crippen LogP contribution in [0.2, 0.25) is 0 Å². The van der Waals surface area contributed by atoms with Gasteiger partial charge in [0.15, 0.2) is 11.5 Å². The Kier molecular flexibility index (Phi) is 4.06. The summed E-state index contributed by atoms with van der Waals surface area (Å²) in [4.78, 5) is 23.5. The average Bonchev–Trinajstić information content (AvgIpc) is 3.25. The number of H-pyrrole nitrogens is 1. The van der Waals surface area contributed by atoms with Gasteiger partial charge in [0, 0.05) is 24.8 Å². The number of hydrogen-bond donors (Lipinski definition) is 2. The summed E-state index contributed by atoms with van der Waals surface area (Å²) < 4.78 is 27.6. The number of hydrogen-bond acceptors (Lipinski definition) is 7. The molecule has 146 valence electrons. The number of rotatable bonds is 3. The second-order valence-electron chi connectivity index (χ2n) is 8.22. The van der Waals surface area contributed by atoms with Crippen molar-refractivity contribution in [3.05, 3.63) is 11.6 Å².